The summed E-state index contributed by atoms with van der Waals surface area (Å²) in [6.07, 6.45) is 0. The second-order valence-corrected chi connectivity index (χ2v) is 5.95. The minimum absolute atomic E-state index is 0.0501. The van der Waals surface area contributed by atoms with Crippen molar-refractivity contribution in [2.24, 2.45) is 11.7 Å². The molecule has 1 aromatic rings. The molecule has 0 aromatic heterocycles. The molecule has 5 heteroatoms. The lowest BCUT2D eigenvalue weighted by Crippen LogP contribution is -2.27. The van der Waals surface area contributed by atoms with Crippen molar-refractivity contribution in [2.45, 2.75) is 12.7 Å². The Labute approximate surface area is 95.4 Å². The number of primary amides is 1. The van der Waals surface area contributed by atoms with E-state index >= 15 is 0 Å². The summed E-state index contributed by atoms with van der Waals surface area (Å²) < 4.78 is 23.4. The van der Waals surface area contributed by atoms with E-state index in [1.807, 2.05) is 6.07 Å². The first kappa shape index (κ1) is 12.7. The SMILES string of the molecule is C[C@H](CS(=O)(=O)Cc1ccccc1)C(N)=O. The molecule has 0 radical (unpaired) electrons. The largest absolute Gasteiger partial charge is 0.369 e. The number of amides is 1. The summed E-state index contributed by atoms with van der Waals surface area (Å²) in [7, 11) is -3.28. The number of carbonyl (C=O) groups excluding carboxylic acids is 1. The minimum Gasteiger partial charge on any atom is -0.369 e. The molecular weight excluding hydrogens is 226 g/mol. The van der Waals surface area contributed by atoms with Crippen LogP contribution in [0, 0.1) is 5.92 Å². The minimum atomic E-state index is -3.28. The van der Waals surface area contributed by atoms with Gasteiger partial charge in [-0.3, -0.25) is 4.79 Å². The topological polar surface area (TPSA) is 77.2 Å². The van der Waals surface area contributed by atoms with E-state index in [2.05, 4.69) is 0 Å². The van der Waals surface area contributed by atoms with Crippen LogP contribution in [0.3, 0.4) is 0 Å². The van der Waals surface area contributed by atoms with Gasteiger partial charge in [0.25, 0.3) is 0 Å². The number of sulfone groups is 1. The van der Waals surface area contributed by atoms with E-state index < -0.39 is 21.7 Å². The lowest BCUT2D eigenvalue weighted by atomic mass is 10.2. The zero-order valence-corrected chi connectivity index (χ0v) is 9.91. The number of benzene rings is 1. The molecule has 1 aromatic carbocycles. The first-order valence-electron chi connectivity index (χ1n) is 4.94. The van der Waals surface area contributed by atoms with Crippen LogP contribution in [-0.4, -0.2) is 20.1 Å². The maximum atomic E-state index is 11.7. The Kier molecular flexibility index (Phi) is 4.06. The van der Waals surface area contributed by atoms with E-state index in [4.69, 9.17) is 5.73 Å². The predicted octanol–water partition coefficient (Wildman–Crippen LogP) is 0.723. The summed E-state index contributed by atoms with van der Waals surface area (Å²) >= 11 is 0. The number of hydrogen-bond acceptors (Lipinski definition) is 3. The van der Waals surface area contributed by atoms with Crippen LogP contribution in [0.4, 0.5) is 0 Å². The van der Waals surface area contributed by atoms with E-state index in [0.717, 1.165) is 5.56 Å². The van der Waals surface area contributed by atoms with Crippen LogP contribution in [-0.2, 0) is 20.4 Å². The fourth-order valence-corrected chi connectivity index (χ4v) is 3.09. The molecule has 0 aliphatic heterocycles. The summed E-state index contributed by atoms with van der Waals surface area (Å²) in [5.74, 6) is -1.48. The fraction of sp³-hybridized carbons (Fsp3) is 0.364. The van der Waals surface area contributed by atoms with E-state index in [1.165, 1.54) is 6.92 Å². The monoisotopic (exact) mass is 241 g/mol. The molecule has 0 spiro atoms. The third-order valence-electron chi connectivity index (χ3n) is 2.22. The molecule has 0 saturated heterocycles. The quantitative estimate of drug-likeness (QED) is 0.825. The van der Waals surface area contributed by atoms with Crippen molar-refractivity contribution in [1.29, 1.82) is 0 Å². The van der Waals surface area contributed by atoms with Crippen LogP contribution in [0.1, 0.15) is 12.5 Å². The Balaban J connectivity index is 2.70. The summed E-state index contributed by atoms with van der Waals surface area (Å²) in [4.78, 5) is 10.8. The number of rotatable bonds is 5. The van der Waals surface area contributed by atoms with Crippen molar-refractivity contribution >= 4 is 15.7 Å². The van der Waals surface area contributed by atoms with Gasteiger partial charge in [0.15, 0.2) is 9.84 Å². The molecular formula is C11H15NO3S. The molecule has 4 nitrogen and oxygen atoms in total. The van der Waals surface area contributed by atoms with Crippen molar-refractivity contribution in [3.05, 3.63) is 35.9 Å². The van der Waals surface area contributed by atoms with Gasteiger partial charge < -0.3 is 5.73 Å². The normalized spacial score (nSPS) is 13.3. The molecule has 0 fully saturated rings. The summed E-state index contributed by atoms with van der Waals surface area (Å²) in [5.41, 5.74) is 5.75. The Morgan fingerprint density at radius 1 is 1.31 bits per heavy atom. The van der Waals surface area contributed by atoms with E-state index in [0.29, 0.717) is 0 Å². The molecule has 2 N–H and O–H groups in total. The number of hydrogen-bond donors (Lipinski definition) is 1. The molecule has 1 atom stereocenters. The van der Waals surface area contributed by atoms with Crippen LogP contribution < -0.4 is 5.73 Å². The lowest BCUT2D eigenvalue weighted by Gasteiger charge is -2.08. The van der Waals surface area contributed by atoms with Crippen LogP contribution in [0.25, 0.3) is 0 Å². The number of nitrogens with two attached hydrogens (primary N) is 1. The van der Waals surface area contributed by atoms with Gasteiger partial charge in [0.05, 0.1) is 11.5 Å². The maximum Gasteiger partial charge on any atom is 0.221 e. The third kappa shape index (κ3) is 4.02. The standard InChI is InChI=1S/C11H15NO3S/c1-9(11(12)13)7-16(14,15)8-10-5-3-2-4-6-10/h2-6,9H,7-8H2,1H3,(H2,12,13)/t9-/m1/s1. The zero-order chi connectivity index (χ0) is 12.2. The summed E-state index contributed by atoms with van der Waals surface area (Å²) in [5, 5.41) is 0. The Morgan fingerprint density at radius 2 is 1.88 bits per heavy atom. The first-order valence-corrected chi connectivity index (χ1v) is 6.76. The van der Waals surface area contributed by atoms with Gasteiger partial charge in [-0.1, -0.05) is 37.3 Å². The molecule has 1 amide bonds. The molecule has 0 saturated carbocycles. The van der Waals surface area contributed by atoms with Gasteiger partial charge in [0.2, 0.25) is 5.91 Å². The van der Waals surface area contributed by atoms with Gasteiger partial charge in [-0.05, 0) is 5.56 Å². The molecule has 0 aliphatic rings. The highest BCUT2D eigenvalue weighted by Crippen LogP contribution is 2.09. The maximum absolute atomic E-state index is 11.7. The van der Waals surface area contributed by atoms with E-state index in [1.54, 1.807) is 24.3 Å². The van der Waals surface area contributed by atoms with Gasteiger partial charge >= 0.3 is 0 Å². The second-order valence-electron chi connectivity index (χ2n) is 3.84. The Morgan fingerprint density at radius 3 is 2.38 bits per heavy atom. The summed E-state index contributed by atoms with van der Waals surface area (Å²) in [6.45, 7) is 1.52. The van der Waals surface area contributed by atoms with E-state index in [9.17, 15) is 13.2 Å². The van der Waals surface area contributed by atoms with Gasteiger partial charge in [-0.15, -0.1) is 0 Å². The van der Waals surface area contributed by atoms with Crippen molar-refractivity contribution in [3.8, 4) is 0 Å². The van der Waals surface area contributed by atoms with Crippen molar-refractivity contribution < 1.29 is 13.2 Å². The highest BCUT2D eigenvalue weighted by Gasteiger charge is 2.19. The zero-order valence-electron chi connectivity index (χ0n) is 9.09. The highest BCUT2D eigenvalue weighted by molar-refractivity contribution is 7.90. The second kappa shape index (κ2) is 5.12. The molecule has 0 aliphatic carbocycles. The predicted molar refractivity (Wildman–Crippen MR) is 62.3 cm³/mol. The van der Waals surface area contributed by atoms with E-state index in [-0.39, 0.29) is 11.5 Å². The van der Waals surface area contributed by atoms with Crippen LogP contribution in [0.2, 0.25) is 0 Å². The van der Waals surface area contributed by atoms with Gasteiger partial charge in [-0.25, -0.2) is 8.42 Å². The van der Waals surface area contributed by atoms with Crippen molar-refractivity contribution in [1.82, 2.24) is 0 Å². The lowest BCUT2D eigenvalue weighted by molar-refractivity contribution is -0.120. The van der Waals surface area contributed by atoms with Crippen LogP contribution in [0.5, 0.6) is 0 Å². The van der Waals surface area contributed by atoms with Crippen molar-refractivity contribution in [3.63, 3.8) is 0 Å². The molecule has 0 bridgehead atoms. The third-order valence-corrected chi connectivity index (χ3v) is 4.00. The molecule has 16 heavy (non-hydrogen) atoms. The fourth-order valence-electron chi connectivity index (χ4n) is 1.35. The van der Waals surface area contributed by atoms with Gasteiger partial charge in [0, 0.05) is 5.92 Å². The molecule has 0 unspecified atom stereocenters. The number of carbonyl (C=O) groups is 1. The molecule has 1 rings (SSSR count). The van der Waals surface area contributed by atoms with Crippen LogP contribution >= 0.6 is 0 Å². The van der Waals surface area contributed by atoms with Crippen molar-refractivity contribution in [2.75, 3.05) is 5.75 Å². The molecule has 0 heterocycles. The smallest absolute Gasteiger partial charge is 0.221 e. The van der Waals surface area contributed by atoms with Gasteiger partial charge in [0.1, 0.15) is 0 Å². The Hall–Kier alpha value is -1.36. The summed E-state index contributed by atoms with van der Waals surface area (Å²) in [6, 6.07) is 8.87. The Bertz CT molecular complexity index is 453. The average molecular weight is 241 g/mol. The van der Waals surface area contributed by atoms with Gasteiger partial charge in [-0.2, -0.15) is 0 Å². The first-order chi connectivity index (χ1) is 7.41. The highest BCUT2D eigenvalue weighted by atomic mass is 32.2. The molecule has 88 valence electrons. The van der Waals surface area contributed by atoms with Crippen LogP contribution in [0.15, 0.2) is 30.3 Å². The average Bonchev–Trinajstić information content (AvgIpc) is 2.17.